The lowest BCUT2D eigenvalue weighted by Crippen LogP contribution is -2.34. The predicted octanol–water partition coefficient (Wildman–Crippen LogP) is 3.05. The van der Waals surface area contributed by atoms with Crippen molar-refractivity contribution < 1.29 is 23.8 Å². The number of nitrogens with zero attached hydrogens (tertiary/aromatic N) is 2. The summed E-state index contributed by atoms with van der Waals surface area (Å²) in [7, 11) is 1.52. The number of ether oxygens (including phenoxy) is 1. The van der Waals surface area contributed by atoms with Crippen LogP contribution in [0.4, 0.5) is 0 Å². The maximum Gasteiger partial charge on any atom is 0.290 e. The third-order valence-electron chi connectivity index (χ3n) is 4.73. The molecule has 1 aromatic carbocycles. The first-order valence-electron chi connectivity index (χ1n) is 8.78. The van der Waals surface area contributed by atoms with E-state index in [0.29, 0.717) is 11.1 Å². The van der Waals surface area contributed by atoms with Crippen LogP contribution in [-0.2, 0) is 9.53 Å². The van der Waals surface area contributed by atoms with Crippen LogP contribution in [0.25, 0.3) is 11.0 Å². The minimum atomic E-state index is -0.767. The second kappa shape index (κ2) is 7.28. The van der Waals surface area contributed by atoms with Crippen LogP contribution in [0.1, 0.15) is 22.2 Å². The third-order valence-corrected chi connectivity index (χ3v) is 4.73. The van der Waals surface area contributed by atoms with E-state index in [0.717, 1.165) is 5.39 Å². The van der Waals surface area contributed by atoms with E-state index in [1.54, 1.807) is 42.7 Å². The van der Waals surface area contributed by atoms with Crippen LogP contribution in [0.2, 0.25) is 0 Å². The Labute approximate surface area is 160 Å². The first kappa shape index (κ1) is 17.9. The second-order valence-corrected chi connectivity index (χ2v) is 6.42. The zero-order valence-electron chi connectivity index (χ0n) is 15.2. The molecule has 28 heavy (non-hydrogen) atoms. The summed E-state index contributed by atoms with van der Waals surface area (Å²) in [5.74, 6) is -1.66. The van der Waals surface area contributed by atoms with E-state index in [1.807, 2.05) is 12.1 Å². The van der Waals surface area contributed by atoms with Crippen LogP contribution in [0, 0.1) is 0 Å². The molecule has 0 bridgehead atoms. The molecule has 0 fully saturated rings. The standard InChI is InChI=1S/C21H18N2O5/c1-27-10-9-23-18(14-6-4-8-22-12-14)17(20(25)21(23)26)19(24)16-11-13-5-2-3-7-15(13)28-16/h2-8,11-12,18,25H,9-10H2,1H3/t18-/m0/s1. The molecule has 4 rings (SSSR count). The molecule has 7 nitrogen and oxygen atoms in total. The predicted molar refractivity (Wildman–Crippen MR) is 101 cm³/mol. The van der Waals surface area contributed by atoms with E-state index in [-0.39, 0.29) is 24.5 Å². The minimum Gasteiger partial charge on any atom is -0.503 e. The van der Waals surface area contributed by atoms with Gasteiger partial charge < -0.3 is 19.2 Å². The van der Waals surface area contributed by atoms with Gasteiger partial charge in [0.2, 0.25) is 5.78 Å². The number of amides is 1. The number of aliphatic hydroxyl groups excluding tert-OH is 1. The Hall–Kier alpha value is -3.45. The molecule has 0 radical (unpaired) electrons. The molecule has 1 aliphatic heterocycles. The number of ketones is 1. The minimum absolute atomic E-state index is 0.0202. The molecular weight excluding hydrogens is 360 g/mol. The molecule has 0 saturated heterocycles. The number of benzene rings is 1. The SMILES string of the molecule is COCCN1C(=O)C(O)=C(C(=O)c2cc3ccccc3o2)[C@@H]1c1cccnc1. The summed E-state index contributed by atoms with van der Waals surface area (Å²) in [5, 5.41) is 11.3. The molecule has 142 valence electrons. The number of fused-ring (bicyclic) bond motifs is 1. The second-order valence-electron chi connectivity index (χ2n) is 6.42. The zero-order valence-corrected chi connectivity index (χ0v) is 15.2. The molecule has 2 aromatic heterocycles. The molecule has 0 aliphatic carbocycles. The molecule has 3 aromatic rings. The fourth-order valence-corrected chi connectivity index (χ4v) is 3.42. The van der Waals surface area contributed by atoms with E-state index < -0.39 is 23.5 Å². The first-order valence-corrected chi connectivity index (χ1v) is 8.78. The number of aliphatic hydroxyl groups is 1. The summed E-state index contributed by atoms with van der Waals surface area (Å²) in [6, 6.07) is 11.5. The van der Waals surface area contributed by atoms with E-state index >= 15 is 0 Å². The van der Waals surface area contributed by atoms with Crippen LogP contribution in [-0.4, -0.2) is 46.9 Å². The first-order chi connectivity index (χ1) is 13.6. The van der Waals surface area contributed by atoms with Crippen molar-refractivity contribution in [1.82, 2.24) is 9.88 Å². The van der Waals surface area contributed by atoms with Crippen molar-refractivity contribution in [2.75, 3.05) is 20.3 Å². The Bertz CT molecular complexity index is 1040. The van der Waals surface area contributed by atoms with E-state index in [1.165, 1.54) is 12.0 Å². The number of hydrogen-bond donors (Lipinski definition) is 1. The number of rotatable bonds is 6. The maximum absolute atomic E-state index is 13.2. The number of aromatic nitrogens is 1. The molecule has 3 heterocycles. The molecule has 1 atom stereocenters. The van der Waals surface area contributed by atoms with Gasteiger partial charge in [0.25, 0.3) is 5.91 Å². The lowest BCUT2D eigenvalue weighted by Gasteiger charge is -2.26. The highest BCUT2D eigenvalue weighted by atomic mass is 16.5. The molecule has 1 aliphatic rings. The highest BCUT2D eigenvalue weighted by Gasteiger charge is 2.44. The fourth-order valence-electron chi connectivity index (χ4n) is 3.42. The number of pyridine rings is 1. The van der Waals surface area contributed by atoms with Crippen molar-refractivity contribution in [1.29, 1.82) is 0 Å². The summed E-state index contributed by atoms with van der Waals surface area (Å²) in [4.78, 5) is 31.4. The highest BCUT2D eigenvalue weighted by molar-refractivity contribution is 6.15. The quantitative estimate of drug-likeness (QED) is 0.663. The van der Waals surface area contributed by atoms with Crippen LogP contribution in [0.15, 0.2) is 70.6 Å². The average molecular weight is 378 g/mol. The van der Waals surface area contributed by atoms with E-state index in [4.69, 9.17) is 9.15 Å². The summed E-state index contributed by atoms with van der Waals surface area (Å²) in [6.45, 7) is 0.484. The Kier molecular flexibility index (Phi) is 4.67. The Morgan fingerprint density at radius 3 is 2.82 bits per heavy atom. The Morgan fingerprint density at radius 2 is 2.11 bits per heavy atom. The topological polar surface area (TPSA) is 92.9 Å². The van der Waals surface area contributed by atoms with Crippen LogP contribution >= 0.6 is 0 Å². The highest BCUT2D eigenvalue weighted by Crippen LogP contribution is 2.39. The van der Waals surface area contributed by atoms with Crippen LogP contribution in [0.5, 0.6) is 0 Å². The van der Waals surface area contributed by atoms with Crippen molar-refractivity contribution >= 4 is 22.7 Å². The summed E-state index contributed by atoms with van der Waals surface area (Å²) < 4.78 is 10.7. The van der Waals surface area contributed by atoms with Crippen molar-refractivity contribution in [3.63, 3.8) is 0 Å². The van der Waals surface area contributed by atoms with Gasteiger partial charge in [-0.3, -0.25) is 14.6 Å². The van der Waals surface area contributed by atoms with Gasteiger partial charge in [-0.2, -0.15) is 0 Å². The molecule has 1 N–H and O–H groups in total. The Balaban J connectivity index is 1.79. The van der Waals surface area contributed by atoms with Gasteiger partial charge >= 0.3 is 0 Å². The average Bonchev–Trinajstić information content (AvgIpc) is 3.26. The molecule has 0 saturated carbocycles. The monoisotopic (exact) mass is 378 g/mol. The van der Waals surface area contributed by atoms with Gasteiger partial charge in [-0.1, -0.05) is 24.3 Å². The molecular formula is C21H18N2O5. The molecule has 0 spiro atoms. The molecule has 7 heteroatoms. The van der Waals surface area contributed by atoms with Crippen molar-refractivity contribution in [2.45, 2.75) is 6.04 Å². The summed E-state index contributed by atoms with van der Waals surface area (Å²) >= 11 is 0. The number of methoxy groups -OCH3 is 1. The van der Waals surface area contributed by atoms with Crippen molar-refractivity contribution in [3.05, 3.63) is 77.5 Å². The molecule has 1 amide bonds. The normalized spacial score (nSPS) is 17.0. The molecule has 0 unspecified atom stereocenters. The summed E-state index contributed by atoms with van der Waals surface area (Å²) in [6.07, 6.45) is 3.17. The lowest BCUT2D eigenvalue weighted by atomic mass is 9.96. The summed E-state index contributed by atoms with van der Waals surface area (Å²) in [5.41, 5.74) is 1.16. The third kappa shape index (κ3) is 2.95. The lowest BCUT2D eigenvalue weighted by molar-refractivity contribution is -0.130. The van der Waals surface area contributed by atoms with Gasteiger partial charge in [0.1, 0.15) is 5.58 Å². The van der Waals surface area contributed by atoms with E-state index in [9.17, 15) is 14.7 Å². The number of para-hydroxylation sites is 1. The zero-order chi connectivity index (χ0) is 19.7. The van der Waals surface area contributed by atoms with Crippen molar-refractivity contribution in [2.24, 2.45) is 0 Å². The number of hydrogen-bond acceptors (Lipinski definition) is 6. The van der Waals surface area contributed by atoms with Crippen molar-refractivity contribution in [3.8, 4) is 0 Å². The van der Waals surface area contributed by atoms with Gasteiger partial charge in [-0.05, 0) is 23.8 Å². The van der Waals surface area contributed by atoms with Gasteiger partial charge in [-0.25, -0.2) is 0 Å². The van der Waals surface area contributed by atoms with Crippen LogP contribution in [0.3, 0.4) is 0 Å². The van der Waals surface area contributed by atoms with E-state index in [2.05, 4.69) is 4.98 Å². The van der Waals surface area contributed by atoms with Gasteiger partial charge in [0.15, 0.2) is 11.5 Å². The smallest absolute Gasteiger partial charge is 0.290 e. The number of carbonyl (C=O) groups excluding carboxylic acids is 2. The Morgan fingerprint density at radius 1 is 1.29 bits per heavy atom. The van der Waals surface area contributed by atoms with Gasteiger partial charge in [0.05, 0.1) is 18.2 Å². The largest absolute Gasteiger partial charge is 0.503 e. The van der Waals surface area contributed by atoms with Gasteiger partial charge in [0, 0.05) is 31.4 Å². The van der Waals surface area contributed by atoms with Crippen LogP contribution < -0.4 is 0 Å². The number of carbonyl (C=O) groups is 2. The maximum atomic E-state index is 13.2. The number of Topliss-reactive ketones (excluding diaryl/α,β-unsaturated/α-hetero) is 1. The fraction of sp³-hybridized carbons (Fsp3) is 0.190. The number of furan rings is 1. The van der Waals surface area contributed by atoms with Gasteiger partial charge in [-0.15, -0.1) is 0 Å².